The van der Waals surface area contributed by atoms with Crippen LogP contribution in [0.4, 0.5) is 0 Å². The second-order valence-corrected chi connectivity index (χ2v) is 4.83. The van der Waals surface area contributed by atoms with Crippen molar-refractivity contribution in [2.24, 2.45) is 5.73 Å². The molecule has 0 aliphatic carbocycles. The number of hydrazine groups is 1. The molecule has 0 bridgehead atoms. The van der Waals surface area contributed by atoms with Crippen LogP contribution in [-0.2, 0) is 9.53 Å². The zero-order valence-corrected chi connectivity index (χ0v) is 11.7. The maximum absolute atomic E-state index is 11.8. The van der Waals surface area contributed by atoms with Gasteiger partial charge in [0.1, 0.15) is 0 Å². The molecule has 1 aromatic carbocycles. The van der Waals surface area contributed by atoms with E-state index in [1.165, 1.54) is 0 Å². The number of morpholine rings is 1. The van der Waals surface area contributed by atoms with Gasteiger partial charge in [0.25, 0.3) is 11.8 Å². The molecule has 1 fully saturated rings. The van der Waals surface area contributed by atoms with Crippen molar-refractivity contribution in [1.29, 1.82) is 0 Å². The average Bonchev–Trinajstić information content (AvgIpc) is 2.53. The Labute approximate surface area is 123 Å². The van der Waals surface area contributed by atoms with Crippen molar-refractivity contribution >= 4 is 11.8 Å². The zero-order chi connectivity index (χ0) is 15.1. The summed E-state index contributed by atoms with van der Waals surface area (Å²) in [6.45, 7) is 2.50. The fourth-order valence-electron chi connectivity index (χ4n) is 2.10. The molecule has 1 atom stereocenters. The Morgan fingerprint density at radius 2 is 2.05 bits per heavy atom. The highest BCUT2D eigenvalue weighted by Crippen LogP contribution is 2.03. The Kier molecular flexibility index (Phi) is 5.68. The summed E-state index contributed by atoms with van der Waals surface area (Å²) in [5.74, 6) is -0.609. The summed E-state index contributed by atoms with van der Waals surface area (Å²) in [6, 6.07) is 8.70. The topological polar surface area (TPSA) is 96.7 Å². The first kappa shape index (κ1) is 15.4. The Bertz CT molecular complexity index is 480. The van der Waals surface area contributed by atoms with Gasteiger partial charge in [0.2, 0.25) is 0 Å². The summed E-state index contributed by atoms with van der Waals surface area (Å²) in [6.07, 6.45) is -0.0366. The van der Waals surface area contributed by atoms with Gasteiger partial charge in [0, 0.05) is 25.2 Å². The number of nitrogens with zero attached hydrogens (tertiary/aromatic N) is 1. The van der Waals surface area contributed by atoms with Crippen molar-refractivity contribution in [1.82, 2.24) is 15.8 Å². The molecular formula is C14H20N4O3. The highest BCUT2D eigenvalue weighted by Gasteiger charge is 2.21. The lowest BCUT2D eigenvalue weighted by atomic mass is 10.2. The van der Waals surface area contributed by atoms with Crippen LogP contribution in [0, 0.1) is 0 Å². The Hall–Kier alpha value is -1.96. The molecule has 7 heteroatoms. The van der Waals surface area contributed by atoms with Crippen molar-refractivity contribution in [3.63, 3.8) is 0 Å². The highest BCUT2D eigenvalue weighted by molar-refractivity contribution is 5.95. The van der Waals surface area contributed by atoms with Crippen molar-refractivity contribution in [2.75, 3.05) is 32.8 Å². The van der Waals surface area contributed by atoms with E-state index in [4.69, 9.17) is 10.5 Å². The maximum atomic E-state index is 11.8. The van der Waals surface area contributed by atoms with E-state index in [-0.39, 0.29) is 24.5 Å². The molecule has 1 aliphatic rings. The Morgan fingerprint density at radius 1 is 1.29 bits per heavy atom. The van der Waals surface area contributed by atoms with Crippen molar-refractivity contribution in [3.8, 4) is 0 Å². The van der Waals surface area contributed by atoms with Crippen LogP contribution in [0.1, 0.15) is 10.4 Å². The van der Waals surface area contributed by atoms with Gasteiger partial charge in [-0.3, -0.25) is 25.3 Å². The van der Waals surface area contributed by atoms with Gasteiger partial charge in [-0.1, -0.05) is 18.2 Å². The lowest BCUT2D eigenvalue weighted by Crippen LogP contribution is -2.51. The van der Waals surface area contributed by atoms with Crippen LogP contribution in [0.25, 0.3) is 0 Å². The van der Waals surface area contributed by atoms with E-state index in [0.717, 1.165) is 0 Å². The molecule has 1 saturated heterocycles. The van der Waals surface area contributed by atoms with Gasteiger partial charge < -0.3 is 10.5 Å². The number of nitrogens with one attached hydrogen (secondary N) is 2. The summed E-state index contributed by atoms with van der Waals surface area (Å²) in [5.41, 5.74) is 10.8. The normalized spacial score (nSPS) is 19.0. The first-order valence-electron chi connectivity index (χ1n) is 6.87. The predicted molar refractivity (Wildman–Crippen MR) is 77.3 cm³/mol. The molecular weight excluding hydrogens is 272 g/mol. The van der Waals surface area contributed by atoms with Crippen LogP contribution < -0.4 is 16.6 Å². The Balaban J connectivity index is 1.73. The highest BCUT2D eigenvalue weighted by atomic mass is 16.5. The van der Waals surface area contributed by atoms with Crippen LogP contribution in [0.5, 0.6) is 0 Å². The largest absolute Gasteiger partial charge is 0.374 e. The number of hydrogen-bond donors (Lipinski definition) is 3. The van der Waals surface area contributed by atoms with Crippen molar-refractivity contribution in [2.45, 2.75) is 6.10 Å². The van der Waals surface area contributed by atoms with E-state index >= 15 is 0 Å². The SMILES string of the molecule is NCC1CN(CC(=O)NNC(=O)c2ccccc2)CCO1. The lowest BCUT2D eigenvalue weighted by Gasteiger charge is -2.31. The quantitative estimate of drug-likeness (QED) is 0.625. The smallest absolute Gasteiger partial charge is 0.269 e. The molecule has 2 rings (SSSR count). The number of ether oxygens (including phenoxy) is 1. The minimum Gasteiger partial charge on any atom is -0.374 e. The minimum atomic E-state index is -0.342. The van der Waals surface area contributed by atoms with E-state index in [2.05, 4.69) is 10.9 Å². The number of hydrogen-bond acceptors (Lipinski definition) is 5. The zero-order valence-electron chi connectivity index (χ0n) is 11.7. The van der Waals surface area contributed by atoms with Crippen LogP contribution >= 0.6 is 0 Å². The third kappa shape index (κ3) is 4.82. The third-order valence-corrected chi connectivity index (χ3v) is 3.20. The minimum absolute atomic E-state index is 0.0366. The summed E-state index contributed by atoms with van der Waals surface area (Å²) < 4.78 is 5.43. The van der Waals surface area contributed by atoms with Crippen LogP contribution in [0.3, 0.4) is 0 Å². The fourth-order valence-corrected chi connectivity index (χ4v) is 2.10. The van der Waals surface area contributed by atoms with Gasteiger partial charge in [-0.2, -0.15) is 0 Å². The van der Waals surface area contributed by atoms with E-state index in [0.29, 0.717) is 31.8 Å². The van der Waals surface area contributed by atoms with Gasteiger partial charge in [0.15, 0.2) is 0 Å². The summed E-state index contributed by atoms with van der Waals surface area (Å²) in [5, 5.41) is 0. The van der Waals surface area contributed by atoms with Crippen molar-refractivity contribution in [3.05, 3.63) is 35.9 Å². The molecule has 0 aromatic heterocycles. The van der Waals surface area contributed by atoms with Crippen molar-refractivity contribution < 1.29 is 14.3 Å². The van der Waals surface area contributed by atoms with E-state index in [9.17, 15) is 9.59 Å². The van der Waals surface area contributed by atoms with E-state index < -0.39 is 0 Å². The van der Waals surface area contributed by atoms with Crippen LogP contribution in [-0.4, -0.2) is 55.6 Å². The third-order valence-electron chi connectivity index (χ3n) is 3.20. The molecule has 0 saturated carbocycles. The monoisotopic (exact) mass is 292 g/mol. The number of carbonyl (C=O) groups is 2. The molecule has 4 N–H and O–H groups in total. The summed E-state index contributed by atoms with van der Waals surface area (Å²) in [7, 11) is 0. The number of rotatable bonds is 4. The fraction of sp³-hybridized carbons (Fsp3) is 0.429. The average molecular weight is 292 g/mol. The molecule has 21 heavy (non-hydrogen) atoms. The lowest BCUT2D eigenvalue weighted by molar-refractivity contribution is -0.124. The van der Waals surface area contributed by atoms with E-state index in [1.54, 1.807) is 24.3 Å². The molecule has 1 unspecified atom stereocenters. The number of nitrogens with two attached hydrogens (primary N) is 1. The second-order valence-electron chi connectivity index (χ2n) is 4.83. The molecule has 0 radical (unpaired) electrons. The molecule has 2 amide bonds. The Morgan fingerprint density at radius 3 is 2.76 bits per heavy atom. The van der Waals surface area contributed by atoms with Crippen LogP contribution in [0.2, 0.25) is 0 Å². The second kappa shape index (κ2) is 7.72. The molecule has 1 heterocycles. The first-order chi connectivity index (χ1) is 10.2. The summed E-state index contributed by atoms with van der Waals surface area (Å²) in [4.78, 5) is 25.5. The number of amides is 2. The first-order valence-corrected chi connectivity index (χ1v) is 6.87. The molecule has 7 nitrogen and oxygen atoms in total. The van der Waals surface area contributed by atoms with Gasteiger partial charge >= 0.3 is 0 Å². The molecule has 114 valence electrons. The van der Waals surface area contributed by atoms with E-state index in [1.807, 2.05) is 11.0 Å². The standard InChI is InChI=1S/C14H20N4O3/c15-8-12-9-18(6-7-21-12)10-13(19)16-17-14(20)11-4-2-1-3-5-11/h1-5,12H,6-10,15H2,(H,16,19)(H,17,20). The van der Waals surface area contributed by atoms with Gasteiger partial charge in [-0.25, -0.2) is 0 Å². The molecule has 1 aliphatic heterocycles. The van der Waals surface area contributed by atoms with Gasteiger partial charge in [0.05, 0.1) is 19.3 Å². The predicted octanol–water partition coefficient (Wildman–Crippen LogP) is -0.893. The van der Waals surface area contributed by atoms with Crippen LogP contribution in [0.15, 0.2) is 30.3 Å². The number of carbonyl (C=O) groups excluding carboxylic acids is 2. The molecule has 0 spiro atoms. The number of benzene rings is 1. The summed E-state index contributed by atoms with van der Waals surface area (Å²) >= 11 is 0. The maximum Gasteiger partial charge on any atom is 0.269 e. The van der Waals surface area contributed by atoms with Gasteiger partial charge in [-0.15, -0.1) is 0 Å². The molecule has 1 aromatic rings. The van der Waals surface area contributed by atoms with Gasteiger partial charge in [-0.05, 0) is 12.1 Å².